The molecule has 0 fully saturated rings. The smallest absolute Gasteiger partial charge is 0.0885 e. The summed E-state index contributed by atoms with van der Waals surface area (Å²) in [4.78, 5) is 8.24. The molecule has 0 saturated carbocycles. The highest BCUT2D eigenvalue weighted by molar-refractivity contribution is 5.00. The number of rotatable bonds is 7. The summed E-state index contributed by atoms with van der Waals surface area (Å²) in [5, 5.41) is 3.34. The van der Waals surface area contributed by atoms with Gasteiger partial charge in [-0.1, -0.05) is 6.58 Å². The van der Waals surface area contributed by atoms with Crippen LogP contribution in [-0.2, 0) is 4.74 Å². The fourth-order valence-electron chi connectivity index (χ4n) is 1.20. The summed E-state index contributed by atoms with van der Waals surface area (Å²) in [7, 11) is 0. The largest absolute Gasteiger partial charge is 0.502 e. The van der Waals surface area contributed by atoms with Crippen molar-refractivity contribution in [1.82, 2.24) is 15.3 Å². The molecule has 0 aromatic carbocycles. The summed E-state index contributed by atoms with van der Waals surface area (Å²) in [6.07, 6.45) is 7.57. The van der Waals surface area contributed by atoms with Gasteiger partial charge in [0.05, 0.1) is 18.6 Å². The maximum atomic E-state index is 5.02. The van der Waals surface area contributed by atoms with Gasteiger partial charge in [0.25, 0.3) is 0 Å². The van der Waals surface area contributed by atoms with Crippen molar-refractivity contribution >= 4 is 0 Å². The lowest BCUT2D eigenvalue weighted by Crippen LogP contribution is -2.21. The molecule has 0 aliphatic rings. The van der Waals surface area contributed by atoms with Crippen LogP contribution < -0.4 is 5.32 Å². The van der Waals surface area contributed by atoms with E-state index in [1.807, 2.05) is 0 Å². The molecule has 1 N–H and O–H groups in total. The summed E-state index contributed by atoms with van der Waals surface area (Å²) in [6, 6.07) is 0.224. The van der Waals surface area contributed by atoms with Crippen molar-refractivity contribution in [3.8, 4) is 0 Å². The number of hydrogen-bond donors (Lipinski definition) is 1. The molecule has 0 radical (unpaired) electrons. The summed E-state index contributed by atoms with van der Waals surface area (Å²) >= 11 is 0. The summed E-state index contributed by atoms with van der Waals surface area (Å²) in [5.74, 6) is 0. The normalized spacial score (nSPS) is 12.1. The molecule has 1 unspecified atom stereocenters. The second-order valence-electron chi connectivity index (χ2n) is 3.20. The molecule has 4 nitrogen and oxygen atoms in total. The van der Waals surface area contributed by atoms with Crippen LogP contribution >= 0.6 is 0 Å². The van der Waals surface area contributed by atoms with Gasteiger partial charge in [0.1, 0.15) is 0 Å². The number of aromatic nitrogens is 2. The molecule has 1 aromatic rings. The Morgan fingerprint density at radius 1 is 1.60 bits per heavy atom. The van der Waals surface area contributed by atoms with Gasteiger partial charge >= 0.3 is 0 Å². The summed E-state index contributed by atoms with van der Waals surface area (Å²) in [6.45, 7) is 7.14. The first-order valence-corrected chi connectivity index (χ1v) is 5.06. The quantitative estimate of drug-likeness (QED) is 0.546. The molecule has 4 heteroatoms. The lowest BCUT2D eigenvalue weighted by Gasteiger charge is -2.12. The van der Waals surface area contributed by atoms with Crippen LogP contribution in [0, 0.1) is 0 Å². The Labute approximate surface area is 90.4 Å². The van der Waals surface area contributed by atoms with Crippen molar-refractivity contribution in [3.63, 3.8) is 0 Å². The van der Waals surface area contributed by atoms with Crippen LogP contribution in [0.1, 0.15) is 25.1 Å². The van der Waals surface area contributed by atoms with Gasteiger partial charge in [-0.3, -0.25) is 9.97 Å². The lowest BCUT2D eigenvalue weighted by molar-refractivity contribution is 0.243. The van der Waals surface area contributed by atoms with Crippen LogP contribution in [0.2, 0.25) is 0 Å². The predicted octanol–water partition coefficient (Wildman–Crippen LogP) is 1.68. The Hall–Kier alpha value is -1.42. The number of ether oxygens (including phenoxy) is 1. The van der Waals surface area contributed by atoms with Crippen LogP contribution in [0.5, 0.6) is 0 Å². The lowest BCUT2D eigenvalue weighted by atomic mass is 10.2. The van der Waals surface area contributed by atoms with Crippen molar-refractivity contribution in [2.24, 2.45) is 0 Å². The molecule has 15 heavy (non-hydrogen) atoms. The van der Waals surface area contributed by atoms with E-state index in [1.54, 1.807) is 18.6 Å². The zero-order valence-electron chi connectivity index (χ0n) is 9.02. The van der Waals surface area contributed by atoms with Crippen LogP contribution in [0.15, 0.2) is 31.4 Å². The average Bonchev–Trinajstić information content (AvgIpc) is 2.30. The number of nitrogens with one attached hydrogen (secondary N) is 1. The molecule has 1 atom stereocenters. The minimum Gasteiger partial charge on any atom is -0.502 e. The molecule has 0 aliphatic heterocycles. The minimum absolute atomic E-state index is 0.224. The van der Waals surface area contributed by atoms with E-state index in [2.05, 4.69) is 28.8 Å². The Morgan fingerprint density at radius 3 is 3.13 bits per heavy atom. The zero-order valence-corrected chi connectivity index (χ0v) is 9.02. The first-order chi connectivity index (χ1) is 7.34. The Balaban J connectivity index is 2.19. The molecule has 1 rings (SSSR count). The SMILES string of the molecule is C=COCCCNC(C)c1cnccn1. The highest BCUT2D eigenvalue weighted by Gasteiger charge is 2.04. The third-order valence-electron chi connectivity index (χ3n) is 2.03. The first-order valence-electron chi connectivity index (χ1n) is 5.06. The summed E-state index contributed by atoms with van der Waals surface area (Å²) < 4.78 is 5.02. The molecular formula is C11H17N3O. The van der Waals surface area contributed by atoms with Gasteiger partial charge in [-0.2, -0.15) is 0 Å². The van der Waals surface area contributed by atoms with Gasteiger partial charge in [0.15, 0.2) is 0 Å². The van der Waals surface area contributed by atoms with E-state index in [0.29, 0.717) is 6.61 Å². The van der Waals surface area contributed by atoms with Crippen LogP contribution in [0.25, 0.3) is 0 Å². The predicted molar refractivity (Wildman–Crippen MR) is 59.2 cm³/mol. The zero-order chi connectivity index (χ0) is 10.9. The molecule has 0 aliphatic carbocycles. The molecule has 0 amide bonds. The maximum Gasteiger partial charge on any atom is 0.0885 e. The van der Waals surface area contributed by atoms with Crippen molar-refractivity contribution in [2.45, 2.75) is 19.4 Å². The summed E-state index contributed by atoms with van der Waals surface area (Å²) in [5.41, 5.74) is 0.960. The number of nitrogens with zero attached hydrogens (tertiary/aromatic N) is 2. The van der Waals surface area contributed by atoms with Crippen molar-refractivity contribution in [1.29, 1.82) is 0 Å². The highest BCUT2D eigenvalue weighted by atomic mass is 16.5. The topological polar surface area (TPSA) is 47.0 Å². The van der Waals surface area contributed by atoms with Crippen LogP contribution in [0.3, 0.4) is 0 Å². The average molecular weight is 207 g/mol. The first kappa shape index (κ1) is 11.7. The van der Waals surface area contributed by atoms with E-state index < -0.39 is 0 Å². The van der Waals surface area contributed by atoms with Crippen LogP contribution in [-0.4, -0.2) is 23.1 Å². The standard InChI is InChI=1S/C11H17N3O/c1-3-15-8-4-5-13-10(2)11-9-12-6-7-14-11/h3,6-7,9-10,13H,1,4-5,8H2,2H3. The van der Waals surface area contributed by atoms with E-state index >= 15 is 0 Å². The van der Waals surface area contributed by atoms with Gasteiger partial charge in [-0.15, -0.1) is 0 Å². The van der Waals surface area contributed by atoms with E-state index in [9.17, 15) is 0 Å². The van der Waals surface area contributed by atoms with Crippen molar-refractivity contribution in [3.05, 3.63) is 37.1 Å². The molecule has 0 spiro atoms. The van der Waals surface area contributed by atoms with Gasteiger partial charge in [0.2, 0.25) is 0 Å². The van der Waals surface area contributed by atoms with Gasteiger partial charge in [-0.05, 0) is 19.9 Å². The van der Waals surface area contributed by atoms with Gasteiger partial charge in [-0.25, -0.2) is 0 Å². The Kier molecular flexibility index (Phi) is 5.40. The minimum atomic E-state index is 0.224. The maximum absolute atomic E-state index is 5.02. The monoisotopic (exact) mass is 207 g/mol. The molecule has 1 aromatic heterocycles. The van der Waals surface area contributed by atoms with Crippen molar-refractivity contribution < 1.29 is 4.74 Å². The molecule has 0 bridgehead atoms. The Morgan fingerprint density at radius 2 is 2.47 bits per heavy atom. The third kappa shape index (κ3) is 4.56. The fourth-order valence-corrected chi connectivity index (χ4v) is 1.20. The second kappa shape index (κ2) is 6.95. The number of hydrogen-bond acceptors (Lipinski definition) is 4. The van der Waals surface area contributed by atoms with E-state index in [4.69, 9.17) is 4.74 Å². The van der Waals surface area contributed by atoms with E-state index in [0.717, 1.165) is 18.7 Å². The van der Waals surface area contributed by atoms with Crippen molar-refractivity contribution in [2.75, 3.05) is 13.2 Å². The third-order valence-corrected chi connectivity index (χ3v) is 2.03. The Bertz CT molecular complexity index is 276. The van der Waals surface area contributed by atoms with Crippen LogP contribution in [0.4, 0.5) is 0 Å². The molecular weight excluding hydrogens is 190 g/mol. The van der Waals surface area contributed by atoms with E-state index in [1.165, 1.54) is 6.26 Å². The molecule has 82 valence electrons. The molecule has 1 heterocycles. The molecule has 0 saturated heterocycles. The van der Waals surface area contributed by atoms with Gasteiger partial charge in [0, 0.05) is 24.6 Å². The fraction of sp³-hybridized carbons (Fsp3) is 0.455. The highest BCUT2D eigenvalue weighted by Crippen LogP contribution is 2.05. The van der Waals surface area contributed by atoms with E-state index in [-0.39, 0.29) is 6.04 Å². The second-order valence-corrected chi connectivity index (χ2v) is 3.20. The van der Waals surface area contributed by atoms with Gasteiger partial charge < -0.3 is 10.1 Å².